The summed E-state index contributed by atoms with van der Waals surface area (Å²) >= 11 is 0. The first kappa shape index (κ1) is 43.0. The van der Waals surface area contributed by atoms with Crippen LogP contribution in [0.3, 0.4) is 0 Å². The van der Waals surface area contributed by atoms with Gasteiger partial charge in [-0.1, -0.05) is 6.92 Å². The van der Waals surface area contributed by atoms with Crippen molar-refractivity contribution in [3.8, 4) is 45.5 Å². The van der Waals surface area contributed by atoms with E-state index in [0.29, 0.717) is 51.7 Å². The number of hydrogen-bond acceptors (Lipinski definition) is 12. The van der Waals surface area contributed by atoms with Gasteiger partial charge in [0.15, 0.2) is 23.0 Å². The standard InChI is InChI=1S/C25H32N4O3.C22H26N4O3/c1-6-17-13-20(28-11-9-19(10-12-28)27(2)3)16-29-24(30)15-21(26-25(17)29)18-7-8-22(31-4)23(14-18)32-5;1-15-11-17(25-9-7-24(2)8-10-25)14-26-21(27)13-18(23-22(15)26)16-5-6-19(28-3)20(12-16)29-4/h7-8,13-16,19H,6,9-12H2,1-5H3;5-6,11-14H,7-10H2,1-4H3. The predicted octanol–water partition coefficient (Wildman–Crippen LogP) is 5.91. The van der Waals surface area contributed by atoms with Crippen LogP contribution in [0.2, 0.25) is 0 Å². The number of piperidine rings is 1. The van der Waals surface area contributed by atoms with Gasteiger partial charge in [0, 0.05) is 81.0 Å². The number of aromatic nitrogens is 4. The van der Waals surface area contributed by atoms with Crippen LogP contribution >= 0.6 is 0 Å². The van der Waals surface area contributed by atoms with E-state index in [1.165, 1.54) is 0 Å². The van der Waals surface area contributed by atoms with Crippen LogP contribution in [0.15, 0.2) is 82.6 Å². The molecule has 4 aromatic heterocycles. The fourth-order valence-electron chi connectivity index (χ4n) is 8.20. The van der Waals surface area contributed by atoms with Crippen molar-refractivity contribution in [2.45, 2.75) is 39.2 Å². The summed E-state index contributed by atoms with van der Waals surface area (Å²) in [5.74, 6) is 2.50. The Bertz CT molecular complexity index is 2630. The molecule has 14 nitrogen and oxygen atoms in total. The highest BCUT2D eigenvalue weighted by molar-refractivity contribution is 5.69. The molecule has 0 saturated carbocycles. The van der Waals surface area contributed by atoms with E-state index in [0.717, 1.165) is 92.2 Å². The third-order valence-corrected chi connectivity index (χ3v) is 11.9. The van der Waals surface area contributed by atoms with Gasteiger partial charge in [-0.15, -0.1) is 0 Å². The summed E-state index contributed by atoms with van der Waals surface area (Å²) in [5.41, 5.74) is 8.26. The maximum absolute atomic E-state index is 13.1. The average Bonchev–Trinajstić information content (AvgIpc) is 3.28. The molecule has 2 saturated heterocycles. The summed E-state index contributed by atoms with van der Waals surface area (Å²) in [6, 6.07) is 19.2. The summed E-state index contributed by atoms with van der Waals surface area (Å²) in [5, 5.41) is 0. The van der Waals surface area contributed by atoms with E-state index in [9.17, 15) is 9.59 Å². The van der Waals surface area contributed by atoms with Gasteiger partial charge in [0.25, 0.3) is 11.1 Å². The van der Waals surface area contributed by atoms with Crippen LogP contribution in [0.1, 0.15) is 30.9 Å². The van der Waals surface area contributed by atoms with Crippen LogP contribution in [0.25, 0.3) is 33.8 Å². The number of aryl methyl sites for hydroxylation is 2. The maximum atomic E-state index is 13.1. The van der Waals surface area contributed by atoms with E-state index in [-0.39, 0.29) is 11.1 Å². The molecular weight excluding hydrogens is 773 g/mol. The molecule has 0 aliphatic carbocycles. The second-order valence-corrected chi connectivity index (χ2v) is 15.9. The number of methoxy groups -OCH3 is 4. The highest BCUT2D eigenvalue weighted by Gasteiger charge is 2.23. The molecule has 0 bridgehead atoms. The number of hydrogen-bond donors (Lipinski definition) is 0. The monoisotopic (exact) mass is 830 g/mol. The number of fused-ring (bicyclic) bond motifs is 2. The van der Waals surface area contributed by atoms with Crippen molar-refractivity contribution in [3.05, 3.63) is 105 Å². The Morgan fingerprint density at radius 3 is 1.59 bits per heavy atom. The first-order chi connectivity index (χ1) is 29.4. The van der Waals surface area contributed by atoms with Crippen LogP contribution in [-0.4, -0.2) is 123 Å². The molecule has 8 rings (SSSR count). The number of ether oxygens (including phenoxy) is 4. The first-order valence-electron chi connectivity index (χ1n) is 20.8. The zero-order chi connectivity index (χ0) is 43.4. The van der Waals surface area contributed by atoms with E-state index < -0.39 is 0 Å². The largest absolute Gasteiger partial charge is 0.493 e. The first-order valence-corrected chi connectivity index (χ1v) is 20.8. The third-order valence-electron chi connectivity index (χ3n) is 11.9. The lowest BCUT2D eigenvalue weighted by molar-refractivity contribution is 0.249. The molecule has 0 unspecified atom stereocenters. The van der Waals surface area contributed by atoms with Gasteiger partial charge in [-0.05, 0) is 107 Å². The normalized spacial score (nSPS) is 14.9. The number of rotatable bonds is 10. The second kappa shape index (κ2) is 18.7. The van der Waals surface area contributed by atoms with Gasteiger partial charge in [-0.25, -0.2) is 9.97 Å². The zero-order valence-electron chi connectivity index (χ0n) is 36.9. The van der Waals surface area contributed by atoms with Gasteiger partial charge in [0.2, 0.25) is 0 Å². The highest BCUT2D eigenvalue weighted by Crippen LogP contribution is 2.33. The van der Waals surface area contributed by atoms with E-state index in [2.05, 4.69) is 59.8 Å². The third kappa shape index (κ3) is 9.15. The molecule has 6 heterocycles. The topological polar surface area (TPSA) is 119 Å². The predicted molar refractivity (Wildman–Crippen MR) is 243 cm³/mol. The zero-order valence-corrected chi connectivity index (χ0v) is 36.9. The molecular formula is C47H58N8O6. The van der Waals surface area contributed by atoms with E-state index in [1.54, 1.807) is 49.4 Å². The van der Waals surface area contributed by atoms with Gasteiger partial charge in [-0.2, -0.15) is 0 Å². The van der Waals surface area contributed by atoms with Crippen LogP contribution in [-0.2, 0) is 6.42 Å². The van der Waals surface area contributed by atoms with Crippen molar-refractivity contribution in [3.63, 3.8) is 0 Å². The number of likely N-dealkylation sites (N-methyl/N-ethyl adjacent to an activating group) is 1. The smallest absolute Gasteiger partial charge is 0.258 e. The summed E-state index contributed by atoms with van der Waals surface area (Å²) in [7, 11) is 12.8. The maximum Gasteiger partial charge on any atom is 0.258 e. The highest BCUT2D eigenvalue weighted by atomic mass is 16.5. The number of piperazine rings is 1. The minimum Gasteiger partial charge on any atom is -0.493 e. The van der Waals surface area contributed by atoms with Gasteiger partial charge >= 0.3 is 0 Å². The van der Waals surface area contributed by atoms with Crippen LogP contribution in [0, 0.1) is 6.92 Å². The number of anilines is 2. The van der Waals surface area contributed by atoms with E-state index in [1.807, 2.05) is 55.7 Å². The van der Waals surface area contributed by atoms with Crippen molar-refractivity contribution < 1.29 is 18.9 Å². The molecule has 0 N–H and O–H groups in total. The molecule has 2 aliphatic rings. The molecule has 0 atom stereocenters. The van der Waals surface area contributed by atoms with Crippen LogP contribution in [0.4, 0.5) is 11.4 Å². The second-order valence-electron chi connectivity index (χ2n) is 15.9. The van der Waals surface area contributed by atoms with Crippen molar-refractivity contribution in [2.24, 2.45) is 0 Å². The minimum absolute atomic E-state index is 0.0838. The quantitative estimate of drug-likeness (QED) is 0.163. The molecule has 0 spiro atoms. The Balaban J connectivity index is 0.000000185. The lowest BCUT2D eigenvalue weighted by Crippen LogP contribution is -2.44. The summed E-state index contributed by atoms with van der Waals surface area (Å²) < 4.78 is 24.8. The molecule has 2 fully saturated rings. The van der Waals surface area contributed by atoms with Gasteiger partial charge in [-0.3, -0.25) is 18.4 Å². The lowest BCUT2D eigenvalue weighted by atomic mass is 10.0. The van der Waals surface area contributed by atoms with E-state index >= 15 is 0 Å². The molecule has 6 aromatic rings. The lowest BCUT2D eigenvalue weighted by Gasteiger charge is -2.36. The Morgan fingerprint density at radius 1 is 0.623 bits per heavy atom. The van der Waals surface area contributed by atoms with Crippen molar-refractivity contribution in [2.75, 3.05) is 98.7 Å². The fraction of sp³-hybridized carbons (Fsp3) is 0.404. The molecule has 14 heteroatoms. The van der Waals surface area contributed by atoms with E-state index in [4.69, 9.17) is 28.9 Å². The number of benzene rings is 2. The van der Waals surface area contributed by atoms with Gasteiger partial charge in [0.05, 0.1) is 51.2 Å². The Morgan fingerprint density at radius 2 is 1.10 bits per heavy atom. The fourth-order valence-corrected chi connectivity index (χ4v) is 8.20. The van der Waals surface area contributed by atoms with Crippen molar-refractivity contribution in [1.29, 1.82) is 0 Å². The summed E-state index contributed by atoms with van der Waals surface area (Å²) in [6.45, 7) is 10.0. The van der Waals surface area contributed by atoms with Crippen molar-refractivity contribution >= 4 is 22.7 Å². The SMILES string of the molecule is CCc1cc(N2CCC(N(C)C)CC2)cn2c(=O)cc(-c3ccc(OC)c(OC)c3)nc12.COc1ccc(-c2cc(=O)n3cc(N4CCN(C)CC4)cc(C)c3n2)cc1OC. The Kier molecular flexibility index (Phi) is 13.1. The number of pyridine rings is 2. The van der Waals surface area contributed by atoms with Crippen LogP contribution in [0.5, 0.6) is 23.0 Å². The van der Waals surface area contributed by atoms with Gasteiger partial charge in [0.1, 0.15) is 11.3 Å². The molecule has 61 heavy (non-hydrogen) atoms. The molecule has 2 aliphatic heterocycles. The molecule has 2 aromatic carbocycles. The molecule has 0 amide bonds. The Labute approximate surface area is 357 Å². The molecule has 322 valence electrons. The van der Waals surface area contributed by atoms with Gasteiger partial charge < -0.3 is 38.5 Å². The minimum atomic E-state index is -0.0983. The average molecular weight is 831 g/mol. The van der Waals surface area contributed by atoms with Crippen LogP contribution < -0.4 is 39.9 Å². The molecule has 0 radical (unpaired) electrons. The number of nitrogens with zero attached hydrogens (tertiary/aromatic N) is 8. The Hall–Kier alpha value is -6.12. The summed E-state index contributed by atoms with van der Waals surface area (Å²) in [6.07, 6.45) is 6.89. The summed E-state index contributed by atoms with van der Waals surface area (Å²) in [4.78, 5) is 45.0. The van der Waals surface area contributed by atoms with Crippen molar-refractivity contribution in [1.82, 2.24) is 28.6 Å².